The summed E-state index contributed by atoms with van der Waals surface area (Å²) in [5, 5.41) is 11.5. The van der Waals surface area contributed by atoms with Crippen molar-refractivity contribution in [3.8, 4) is 22.5 Å². The molecule has 1 aliphatic carbocycles. The summed E-state index contributed by atoms with van der Waals surface area (Å²) in [6.07, 6.45) is 0.850. The summed E-state index contributed by atoms with van der Waals surface area (Å²) in [4.78, 5) is 0. The molecule has 0 bridgehead atoms. The van der Waals surface area contributed by atoms with Crippen molar-refractivity contribution in [2.45, 2.75) is 12.5 Å². The minimum atomic E-state index is 0.0206. The van der Waals surface area contributed by atoms with Gasteiger partial charge in [-0.15, -0.1) is 0 Å². The standard InChI is InChI=1S/C17H15N3O/c1-21-15-10-11-6-2-3-7-12(11)16-17(19-20-18-16)14-9-5-4-8-13(14)15/h2-9,15H,10H2,1H3,(H,18,19,20). The maximum absolute atomic E-state index is 5.74. The van der Waals surface area contributed by atoms with Crippen molar-refractivity contribution < 1.29 is 4.74 Å². The van der Waals surface area contributed by atoms with Crippen molar-refractivity contribution in [2.24, 2.45) is 0 Å². The largest absolute Gasteiger partial charge is 0.376 e. The van der Waals surface area contributed by atoms with E-state index in [9.17, 15) is 0 Å². The Hall–Kier alpha value is -2.46. The SMILES string of the molecule is COC1Cc2ccccc2-c2n[nH]nc2-c2ccccc21. The second-order valence-corrected chi connectivity index (χ2v) is 5.19. The number of hydrogen-bond donors (Lipinski definition) is 1. The van der Waals surface area contributed by atoms with Gasteiger partial charge in [-0.3, -0.25) is 0 Å². The number of H-pyrrole nitrogens is 1. The van der Waals surface area contributed by atoms with Crippen LogP contribution < -0.4 is 0 Å². The minimum Gasteiger partial charge on any atom is -0.376 e. The maximum atomic E-state index is 5.74. The van der Waals surface area contributed by atoms with E-state index in [4.69, 9.17) is 4.74 Å². The van der Waals surface area contributed by atoms with Crippen molar-refractivity contribution in [3.05, 3.63) is 59.7 Å². The van der Waals surface area contributed by atoms with Gasteiger partial charge in [0.15, 0.2) is 0 Å². The zero-order chi connectivity index (χ0) is 14.2. The number of ether oxygens (including phenoxy) is 1. The molecule has 1 atom stereocenters. The van der Waals surface area contributed by atoms with Gasteiger partial charge < -0.3 is 4.74 Å². The molecule has 1 unspecified atom stereocenters. The van der Waals surface area contributed by atoms with E-state index in [1.54, 1.807) is 7.11 Å². The summed E-state index contributed by atoms with van der Waals surface area (Å²) in [6.45, 7) is 0. The smallest absolute Gasteiger partial charge is 0.121 e. The molecule has 0 saturated heterocycles. The molecule has 2 aromatic carbocycles. The predicted octanol–water partition coefficient (Wildman–Crippen LogP) is 3.38. The lowest BCUT2D eigenvalue weighted by Crippen LogP contribution is -2.10. The zero-order valence-electron chi connectivity index (χ0n) is 11.7. The Morgan fingerprint density at radius 1 is 0.952 bits per heavy atom. The Morgan fingerprint density at radius 2 is 1.62 bits per heavy atom. The average Bonchev–Trinajstić information content (AvgIpc) is 3.00. The van der Waals surface area contributed by atoms with Crippen molar-refractivity contribution >= 4 is 0 Å². The number of benzene rings is 2. The second-order valence-electron chi connectivity index (χ2n) is 5.19. The summed E-state index contributed by atoms with van der Waals surface area (Å²) >= 11 is 0. The van der Waals surface area contributed by atoms with E-state index in [-0.39, 0.29) is 6.10 Å². The molecule has 0 aliphatic heterocycles. The second kappa shape index (κ2) is 4.82. The molecule has 21 heavy (non-hydrogen) atoms. The monoisotopic (exact) mass is 277 g/mol. The van der Waals surface area contributed by atoms with Crippen LogP contribution in [0.5, 0.6) is 0 Å². The number of fused-ring (bicyclic) bond motifs is 5. The van der Waals surface area contributed by atoms with E-state index >= 15 is 0 Å². The van der Waals surface area contributed by atoms with E-state index in [1.165, 1.54) is 5.56 Å². The summed E-state index contributed by atoms with van der Waals surface area (Å²) in [6, 6.07) is 16.6. The lowest BCUT2D eigenvalue weighted by Gasteiger charge is -2.22. The Kier molecular flexibility index (Phi) is 2.82. The molecule has 0 fully saturated rings. The average molecular weight is 277 g/mol. The van der Waals surface area contributed by atoms with Gasteiger partial charge in [0.05, 0.1) is 6.10 Å². The number of rotatable bonds is 1. The number of aromatic amines is 1. The third kappa shape index (κ3) is 1.87. The highest BCUT2D eigenvalue weighted by atomic mass is 16.5. The minimum absolute atomic E-state index is 0.0206. The molecule has 1 N–H and O–H groups in total. The third-order valence-electron chi connectivity index (χ3n) is 4.07. The zero-order valence-corrected chi connectivity index (χ0v) is 11.7. The van der Waals surface area contributed by atoms with Gasteiger partial charge in [0, 0.05) is 24.7 Å². The van der Waals surface area contributed by atoms with Crippen molar-refractivity contribution in [1.29, 1.82) is 0 Å². The molecule has 3 aromatic rings. The fourth-order valence-electron chi connectivity index (χ4n) is 3.05. The summed E-state index contributed by atoms with van der Waals surface area (Å²) < 4.78 is 5.74. The summed E-state index contributed by atoms with van der Waals surface area (Å²) in [5.74, 6) is 0. The van der Waals surface area contributed by atoms with Gasteiger partial charge in [-0.05, 0) is 11.1 Å². The topological polar surface area (TPSA) is 50.8 Å². The van der Waals surface area contributed by atoms with Gasteiger partial charge in [-0.1, -0.05) is 48.5 Å². The molecule has 0 radical (unpaired) electrons. The van der Waals surface area contributed by atoms with Crippen LogP contribution in [0.2, 0.25) is 0 Å². The number of nitrogens with zero attached hydrogens (tertiary/aromatic N) is 2. The summed E-state index contributed by atoms with van der Waals surface area (Å²) in [5.41, 5.74) is 6.39. The predicted molar refractivity (Wildman–Crippen MR) is 80.7 cm³/mol. The fraction of sp³-hybridized carbons (Fsp3) is 0.176. The normalized spacial score (nSPS) is 16.3. The molecule has 4 nitrogen and oxygen atoms in total. The number of nitrogens with one attached hydrogen (secondary N) is 1. The lowest BCUT2D eigenvalue weighted by molar-refractivity contribution is 0.104. The van der Waals surface area contributed by atoms with Crippen LogP contribution >= 0.6 is 0 Å². The van der Waals surface area contributed by atoms with Crippen molar-refractivity contribution in [2.75, 3.05) is 7.11 Å². The highest BCUT2D eigenvalue weighted by Crippen LogP contribution is 2.39. The molecule has 1 aliphatic rings. The molecular weight excluding hydrogens is 262 g/mol. The highest BCUT2D eigenvalue weighted by molar-refractivity contribution is 5.81. The number of aromatic nitrogens is 3. The fourth-order valence-corrected chi connectivity index (χ4v) is 3.05. The van der Waals surface area contributed by atoms with Gasteiger partial charge in [0.2, 0.25) is 0 Å². The number of hydrogen-bond acceptors (Lipinski definition) is 3. The van der Waals surface area contributed by atoms with Crippen LogP contribution in [0.25, 0.3) is 22.5 Å². The van der Waals surface area contributed by atoms with Gasteiger partial charge in [-0.2, -0.15) is 15.4 Å². The van der Waals surface area contributed by atoms with E-state index in [1.807, 2.05) is 18.2 Å². The maximum Gasteiger partial charge on any atom is 0.121 e. The molecule has 4 rings (SSSR count). The van der Waals surface area contributed by atoms with E-state index in [0.717, 1.165) is 34.5 Å². The Bertz CT molecular complexity index is 794. The first-order valence-corrected chi connectivity index (χ1v) is 6.99. The van der Waals surface area contributed by atoms with Gasteiger partial charge in [0.1, 0.15) is 11.4 Å². The molecule has 1 heterocycles. The van der Waals surface area contributed by atoms with Crippen LogP contribution in [0.3, 0.4) is 0 Å². The molecule has 4 heteroatoms. The quantitative estimate of drug-likeness (QED) is 0.742. The van der Waals surface area contributed by atoms with Crippen LogP contribution in [-0.2, 0) is 11.2 Å². The Morgan fingerprint density at radius 3 is 2.43 bits per heavy atom. The van der Waals surface area contributed by atoms with Crippen molar-refractivity contribution in [3.63, 3.8) is 0 Å². The van der Waals surface area contributed by atoms with Crippen LogP contribution in [0.15, 0.2) is 48.5 Å². The van der Waals surface area contributed by atoms with Crippen LogP contribution in [0, 0.1) is 0 Å². The molecular formula is C17H15N3O. The Balaban J connectivity index is 2.05. The van der Waals surface area contributed by atoms with Gasteiger partial charge in [-0.25, -0.2) is 0 Å². The van der Waals surface area contributed by atoms with Gasteiger partial charge in [0.25, 0.3) is 0 Å². The molecule has 0 saturated carbocycles. The lowest BCUT2D eigenvalue weighted by atomic mass is 9.88. The van der Waals surface area contributed by atoms with Crippen LogP contribution in [0.4, 0.5) is 0 Å². The van der Waals surface area contributed by atoms with E-state index in [2.05, 4.69) is 45.7 Å². The van der Waals surface area contributed by atoms with Gasteiger partial charge >= 0.3 is 0 Å². The van der Waals surface area contributed by atoms with Crippen LogP contribution in [0.1, 0.15) is 17.2 Å². The van der Waals surface area contributed by atoms with Crippen molar-refractivity contribution in [1.82, 2.24) is 15.4 Å². The summed E-state index contributed by atoms with van der Waals surface area (Å²) in [7, 11) is 1.76. The van der Waals surface area contributed by atoms with E-state index < -0.39 is 0 Å². The first-order valence-electron chi connectivity index (χ1n) is 6.99. The first kappa shape index (κ1) is 12.3. The number of methoxy groups -OCH3 is 1. The van der Waals surface area contributed by atoms with Crippen LogP contribution in [-0.4, -0.2) is 22.5 Å². The Labute approximate surface area is 122 Å². The first-order chi connectivity index (χ1) is 10.4. The molecule has 0 amide bonds. The highest BCUT2D eigenvalue weighted by Gasteiger charge is 2.25. The molecule has 0 spiro atoms. The third-order valence-corrected chi connectivity index (χ3v) is 4.07. The van der Waals surface area contributed by atoms with E-state index in [0.29, 0.717) is 0 Å². The molecule has 104 valence electrons. The molecule has 1 aromatic heterocycles.